The fraction of sp³-hybridized carbons (Fsp3) is 0.231. The van der Waals surface area contributed by atoms with Crippen molar-refractivity contribution in [2.24, 2.45) is 0 Å². The normalized spacial score (nSPS) is 10.9. The molecule has 14 heavy (non-hydrogen) atoms. The minimum absolute atomic E-state index is 0.858. The Balaban J connectivity index is 2.88. The molecule has 2 aliphatic carbocycles. The molecule has 0 unspecified atom stereocenters. The van der Waals surface area contributed by atoms with Crippen molar-refractivity contribution in [1.29, 1.82) is 0 Å². The zero-order chi connectivity index (χ0) is 10.3. The van der Waals surface area contributed by atoms with E-state index in [9.17, 15) is 0 Å². The number of hydrogen-bond acceptors (Lipinski definition) is 0. The van der Waals surface area contributed by atoms with Gasteiger partial charge >= 0.3 is 0 Å². The third-order valence-electron chi connectivity index (χ3n) is 2.61. The lowest BCUT2D eigenvalue weighted by Gasteiger charge is -2.00. The summed E-state index contributed by atoms with van der Waals surface area (Å²) in [6.45, 7) is 6.36. The molecule has 0 fully saturated rings. The van der Waals surface area contributed by atoms with Crippen molar-refractivity contribution < 1.29 is 0 Å². The first kappa shape index (κ1) is 9.54. The Hall–Kier alpha value is -1.01. The van der Waals surface area contributed by atoms with E-state index in [-0.39, 0.29) is 0 Å². The van der Waals surface area contributed by atoms with Crippen LogP contribution < -0.4 is 0 Å². The van der Waals surface area contributed by atoms with Gasteiger partial charge in [-0.2, -0.15) is 0 Å². The van der Waals surface area contributed by atoms with Crippen LogP contribution in [0.15, 0.2) is 24.3 Å². The van der Waals surface area contributed by atoms with Gasteiger partial charge in [-0.1, -0.05) is 35.4 Å². The SMILES string of the molecule is Cc1cc(C)c2ccc(Cl)c-2c(C)c1. The largest absolute Gasteiger partial charge is 0.0837 e. The summed E-state index contributed by atoms with van der Waals surface area (Å²) in [6, 6.07) is 8.45. The summed E-state index contributed by atoms with van der Waals surface area (Å²) in [5.74, 6) is 0. The van der Waals surface area contributed by atoms with Crippen molar-refractivity contribution in [2.75, 3.05) is 0 Å². The summed E-state index contributed by atoms with van der Waals surface area (Å²) >= 11 is 6.16. The molecule has 0 nitrogen and oxygen atoms in total. The Morgan fingerprint density at radius 2 is 1.57 bits per heavy atom. The third-order valence-corrected chi connectivity index (χ3v) is 2.93. The maximum Gasteiger partial charge on any atom is 0.0487 e. The van der Waals surface area contributed by atoms with Crippen LogP contribution in [-0.4, -0.2) is 0 Å². The Labute approximate surface area is 89.9 Å². The molecule has 0 aliphatic heterocycles. The molecule has 0 heterocycles. The minimum Gasteiger partial charge on any atom is -0.0837 e. The van der Waals surface area contributed by atoms with E-state index in [1.54, 1.807) is 0 Å². The summed E-state index contributed by atoms with van der Waals surface area (Å²) in [4.78, 5) is 0. The van der Waals surface area contributed by atoms with Crippen LogP contribution in [0.25, 0.3) is 11.1 Å². The van der Waals surface area contributed by atoms with Crippen LogP contribution in [0, 0.1) is 20.8 Å². The van der Waals surface area contributed by atoms with Gasteiger partial charge in [-0.25, -0.2) is 0 Å². The molecule has 0 N–H and O–H groups in total. The lowest BCUT2D eigenvalue weighted by Crippen LogP contribution is -1.77. The molecule has 0 saturated carbocycles. The summed E-state index contributed by atoms with van der Waals surface area (Å²) in [5.41, 5.74) is 6.28. The fourth-order valence-electron chi connectivity index (χ4n) is 2.06. The van der Waals surface area contributed by atoms with Gasteiger partial charge in [-0.05, 0) is 43.5 Å². The molecule has 0 spiro atoms. The Morgan fingerprint density at radius 3 is 2.29 bits per heavy atom. The smallest absolute Gasteiger partial charge is 0.0487 e. The van der Waals surface area contributed by atoms with Gasteiger partial charge in [0.15, 0.2) is 0 Å². The van der Waals surface area contributed by atoms with Gasteiger partial charge < -0.3 is 0 Å². The molecule has 72 valence electrons. The number of hydrogen-bond donors (Lipinski definition) is 0. The Morgan fingerprint density at radius 1 is 0.929 bits per heavy atom. The van der Waals surface area contributed by atoms with Crippen molar-refractivity contribution in [1.82, 2.24) is 0 Å². The van der Waals surface area contributed by atoms with Crippen LogP contribution in [0.1, 0.15) is 16.7 Å². The highest BCUT2D eigenvalue weighted by atomic mass is 35.5. The van der Waals surface area contributed by atoms with Gasteiger partial charge in [0.2, 0.25) is 0 Å². The molecule has 0 atom stereocenters. The number of rotatable bonds is 0. The van der Waals surface area contributed by atoms with Crippen molar-refractivity contribution in [3.63, 3.8) is 0 Å². The zero-order valence-electron chi connectivity index (χ0n) is 8.69. The molecule has 0 aromatic rings. The second-order valence-corrected chi connectivity index (χ2v) is 4.28. The standard InChI is InChI=1S/C13H13Cl/c1-8-6-9(2)11-4-5-12(14)13(11)10(3)7-8/h4-7H,1-3H3. The van der Waals surface area contributed by atoms with Crippen LogP contribution in [0.2, 0.25) is 5.02 Å². The lowest BCUT2D eigenvalue weighted by atomic mass is 10.1. The predicted octanol–water partition coefficient (Wildman–Crippen LogP) is 4.37. The lowest BCUT2D eigenvalue weighted by molar-refractivity contribution is 1.42. The van der Waals surface area contributed by atoms with Crippen molar-refractivity contribution in [3.8, 4) is 11.1 Å². The number of fused-ring (bicyclic) bond motifs is 1. The van der Waals surface area contributed by atoms with E-state index in [0.717, 1.165) is 5.02 Å². The molecular formula is C13H13Cl. The zero-order valence-corrected chi connectivity index (χ0v) is 9.44. The molecule has 0 radical (unpaired) electrons. The first-order chi connectivity index (χ1) is 6.59. The van der Waals surface area contributed by atoms with Gasteiger partial charge in [-0.15, -0.1) is 0 Å². The Kier molecular flexibility index (Phi) is 2.24. The van der Waals surface area contributed by atoms with Gasteiger partial charge in [0.05, 0.1) is 0 Å². The number of halogens is 1. The maximum atomic E-state index is 6.16. The monoisotopic (exact) mass is 204 g/mol. The molecule has 0 aromatic carbocycles. The van der Waals surface area contributed by atoms with Gasteiger partial charge in [0.25, 0.3) is 0 Å². The van der Waals surface area contributed by atoms with Crippen LogP contribution in [0.5, 0.6) is 0 Å². The van der Waals surface area contributed by atoms with E-state index >= 15 is 0 Å². The second kappa shape index (κ2) is 3.29. The average Bonchev–Trinajstić information content (AvgIpc) is 2.41. The molecule has 1 heteroatoms. The van der Waals surface area contributed by atoms with E-state index in [2.05, 4.69) is 39.0 Å². The van der Waals surface area contributed by atoms with Crippen LogP contribution in [0.4, 0.5) is 0 Å². The predicted molar refractivity (Wildman–Crippen MR) is 62.3 cm³/mol. The van der Waals surface area contributed by atoms with Crippen molar-refractivity contribution >= 4 is 11.6 Å². The molecule has 0 amide bonds. The molecule has 0 saturated heterocycles. The van der Waals surface area contributed by atoms with E-state index < -0.39 is 0 Å². The molecule has 2 aliphatic rings. The molecular weight excluding hydrogens is 192 g/mol. The summed E-state index contributed by atoms with van der Waals surface area (Å²) < 4.78 is 0. The average molecular weight is 205 g/mol. The van der Waals surface area contributed by atoms with Crippen LogP contribution in [-0.2, 0) is 0 Å². The van der Waals surface area contributed by atoms with Crippen LogP contribution >= 0.6 is 11.6 Å². The summed E-state index contributed by atoms with van der Waals surface area (Å²) in [5, 5.41) is 0.858. The van der Waals surface area contributed by atoms with E-state index in [0.29, 0.717) is 0 Å². The third kappa shape index (κ3) is 1.40. The highest BCUT2D eigenvalue weighted by molar-refractivity contribution is 6.34. The summed E-state index contributed by atoms with van der Waals surface area (Å²) in [7, 11) is 0. The highest BCUT2D eigenvalue weighted by Gasteiger charge is 2.11. The van der Waals surface area contributed by atoms with Crippen molar-refractivity contribution in [2.45, 2.75) is 20.8 Å². The topological polar surface area (TPSA) is 0 Å². The molecule has 0 bridgehead atoms. The van der Waals surface area contributed by atoms with Crippen LogP contribution in [0.3, 0.4) is 0 Å². The number of aryl methyl sites for hydroxylation is 3. The van der Waals surface area contributed by atoms with Gasteiger partial charge in [-0.3, -0.25) is 0 Å². The van der Waals surface area contributed by atoms with Gasteiger partial charge in [0, 0.05) is 10.6 Å². The van der Waals surface area contributed by atoms with Crippen molar-refractivity contribution in [3.05, 3.63) is 46.0 Å². The van der Waals surface area contributed by atoms with E-state index in [4.69, 9.17) is 11.6 Å². The quantitative estimate of drug-likeness (QED) is 0.598. The first-order valence-corrected chi connectivity index (χ1v) is 5.13. The highest BCUT2D eigenvalue weighted by Crippen LogP contribution is 2.36. The van der Waals surface area contributed by atoms with E-state index in [1.165, 1.54) is 27.8 Å². The maximum absolute atomic E-state index is 6.16. The first-order valence-electron chi connectivity index (χ1n) is 4.75. The molecule has 0 aromatic heterocycles. The fourth-order valence-corrected chi connectivity index (χ4v) is 2.37. The van der Waals surface area contributed by atoms with E-state index in [1.807, 2.05) is 6.07 Å². The summed E-state index contributed by atoms with van der Waals surface area (Å²) in [6.07, 6.45) is 0. The second-order valence-electron chi connectivity index (χ2n) is 3.87. The minimum atomic E-state index is 0.858. The van der Waals surface area contributed by atoms with Gasteiger partial charge in [0.1, 0.15) is 0 Å². The Bertz CT molecular complexity index is 458. The molecule has 2 rings (SSSR count).